The molecule has 0 bridgehead atoms. The van der Waals surface area contributed by atoms with Gasteiger partial charge in [0.05, 0.1) is 22.4 Å². The molecule has 1 aliphatic rings. The molecule has 0 aromatic heterocycles. The highest BCUT2D eigenvalue weighted by Gasteiger charge is 2.37. The lowest BCUT2D eigenvalue weighted by Crippen LogP contribution is -2.29. The molecule has 3 aromatic rings. The van der Waals surface area contributed by atoms with E-state index in [-0.39, 0.29) is 22.4 Å². The smallest absolute Gasteiger partial charge is 0.338 e. The lowest BCUT2D eigenvalue weighted by Gasteiger charge is -2.21. The first-order valence-corrected chi connectivity index (χ1v) is 11.4. The highest BCUT2D eigenvalue weighted by atomic mass is 19.1. The van der Waals surface area contributed by atoms with Crippen LogP contribution in [-0.4, -0.2) is 43.4 Å². The number of carbonyl (C=O) groups is 4. The lowest BCUT2D eigenvalue weighted by molar-refractivity contribution is -0.119. The molecule has 1 N–H and O–H groups in total. The van der Waals surface area contributed by atoms with Gasteiger partial charge < -0.3 is 15.0 Å². The average molecular weight is 490 g/mol. The summed E-state index contributed by atoms with van der Waals surface area (Å²) in [7, 11) is 0. The van der Waals surface area contributed by atoms with E-state index in [0.717, 1.165) is 35.8 Å². The van der Waals surface area contributed by atoms with Gasteiger partial charge in [0.25, 0.3) is 17.7 Å². The van der Waals surface area contributed by atoms with E-state index < -0.39 is 36.1 Å². The zero-order chi connectivity index (χ0) is 25.8. The number of benzene rings is 3. The third kappa shape index (κ3) is 4.95. The van der Waals surface area contributed by atoms with Crippen LogP contribution in [0.25, 0.3) is 0 Å². The van der Waals surface area contributed by atoms with Gasteiger partial charge in [-0.05, 0) is 80.6 Å². The predicted octanol–water partition coefficient (Wildman–Crippen LogP) is 4.27. The fourth-order valence-electron chi connectivity index (χ4n) is 3.95. The first kappa shape index (κ1) is 24.6. The van der Waals surface area contributed by atoms with Crippen LogP contribution in [0.1, 0.15) is 44.9 Å². The number of rotatable bonds is 8. The molecule has 0 saturated heterocycles. The van der Waals surface area contributed by atoms with E-state index in [9.17, 15) is 23.6 Å². The molecular formula is C27H24FN3O5. The molecule has 0 aliphatic carbocycles. The molecule has 36 heavy (non-hydrogen) atoms. The Morgan fingerprint density at radius 2 is 1.53 bits per heavy atom. The van der Waals surface area contributed by atoms with Crippen LogP contribution in [0.5, 0.6) is 0 Å². The second kappa shape index (κ2) is 10.4. The first-order valence-electron chi connectivity index (χ1n) is 11.4. The number of ether oxygens (including phenoxy) is 1. The highest BCUT2D eigenvalue weighted by Crippen LogP contribution is 2.29. The molecule has 9 heteroatoms. The summed E-state index contributed by atoms with van der Waals surface area (Å²) in [5, 5.41) is 2.67. The Balaban J connectivity index is 1.38. The topological polar surface area (TPSA) is 96.0 Å². The van der Waals surface area contributed by atoms with Gasteiger partial charge in [-0.25, -0.2) is 14.1 Å². The number of halogens is 1. The quantitative estimate of drug-likeness (QED) is 0.375. The van der Waals surface area contributed by atoms with Crippen LogP contribution in [0.3, 0.4) is 0 Å². The van der Waals surface area contributed by atoms with E-state index in [1.54, 1.807) is 12.1 Å². The van der Waals surface area contributed by atoms with Crippen molar-refractivity contribution in [3.8, 4) is 0 Å². The zero-order valence-corrected chi connectivity index (χ0v) is 19.8. The molecule has 4 rings (SSSR count). The van der Waals surface area contributed by atoms with Crippen molar-refractivity contribution in [1.29, 1.82) is 0 Å². The fraction of sp³-hybridized carbons (Fsp3) is 0.185. The number of fused-ring (bicyclic) bond motifs is 1. The van der Waals surface area contributed by atoms with Crippen LogP contribution in [-0.2, 0) is 9.53 Å². The molecule has 0 spiro atoms. The van der Waals surface area contributed by atoms with Crippen molar-refractivity contribution in [3.63, 3.8) is 0 Å². The van der Waals surface area contributed by atoms with Gasteiger partial charge in [-0.1, -0.05) is 0 Å². The van der Waals surface area contributed by atoms with Gasteiger partial charge in [-0.15, -0.1) is 0 Å². The summed E-state index contributed by atoms with van der Waals surface area (Å²) in [5.41, 5.74) is 1.98. The largest absolute Gasteiger partial charge is 0.452 e. The third-order valence-electron chi connectivity index (χ3n) is 5.82. The molecular weight excluding hydrogens is 465 g/mol. The number of imide groups is 1. The average Bonchev–Trinajstić information content (AvgIpc) is 3.14. The molecule has 3 aromatic carbocycles. The maximum Gasteiger partial charge on any atom is 0.338 e. The minimum Gasteiger partial charge on any atom is -0.452 e. The van der Waals surface area contributed by atoms with Gasteiger partial charge in [-0.2, -0.15) is 0 Å². The molecule has 1 heterocycles. The Morgan fingerprint density at radius 1 is 0.889 bits per heavy atom. The maximum absolute atomic E-state index is 13.2. The van der Waals surface area contributed by atoms with Gasteiger partial charge in [0.2, 0.25) is 0 Å². The summed E-state index contributed by atoms with van der Waals surface area (Å²) in [6, 6.07) is 16.2. The van der Waals surface area contributed by atoms with E-state index in [0.29, 0.717) is 5.69 Å². The molecule has 0 saturated carbocycles. The molecule has 184 valence electrons. The van der Waals surface area contributed by atoms with Crippen molar-refractivity contribution in [1.82, 2.24) is 0 Å². The summed E-state index contributed by atoms with van der Waals surface area (Å²) < 4.78 is 18.3. The van der Waals surface area contributed by atoms with Crippen molar-refractivity contribution in [2.75, 3.05) is 34.8 Å². The summed E-state index contributed by atoms with van der Waals surface area (Å²) >= 11 is 0. The Bertz CT molecular complexity index is 1320. The minimum absolute atomic E-state index is 0.0206. The van der Waals surface area contributed by atoms with Gasteiger partial charge in [-0.3, -0.25) is 14.4 Å². The number of anilines is 3. The fourth-order valence-corrected chi connectivity index (χ4v) is 3.95. The normalized spacial score (nSPS) is 12.4. The summed E-state index contributed by atoms with van der Waals surface area (Å²) in [6.07, 6.45) is 0. The molecule has 0 fully saturated rings. The van der Waals surface area contributed by atoms with E-state index in [1.165, 1.54) is 30.3 Å². The van der Waals surface area contributed by atoms with E-state index in [4.69, 9.17) is 4.74 Å². The van der Waals surface area contributed by atoms with E-state index in [2.05, 4.69) is 24.1 Å². The third-order valence-corrected chi connectivity index (χ3v) is 5.82. The molecule has 0 radical (unpaired) electrons. The lowest BCUT2D eigenvalue weighted by atomic mass is 10.1. The van der Waals surface area contributed by atoms with E-state index >= 15 is 0 Å². The molecule has 8 nitrogen and oxygen atoms in total. The van der Waals surface area contributed by atoms with Gasteiger partial charge >= 0.3 is 5.97 Å². The first-order chi connectivity index (χ1) is 17.3. The number of nitrogens with one attached hydrogen (secondary N) is 1. The number of carbonyl (C=O) groups excluding carboxylic acids is 4. The number of hydrogen-bond acceptors (Lipinski definition) is 6. The minimum atomic E-state index is -0.815. The van der Waals surface area contributed by atoms with E-state index in [1.807, 2.05) is 12.1 Å². The van der Waals surface area contributed by atoms with Crippen LogP contribution in [0, 0.1) is 5.82 Å². The number of amides is 3. The van der Waals surface area contributed by atoms with Crippen molar-refractivity contribution in [2.24, 2.45) is 0 Å². The second-order valence-electron chi connectivity index (χ2n) is 8.03. The van der Waals surface area contributed by atoms with Crippen molar-refractivity contribution >= 4 is 40.8 Å². The van der Waals surface area contributed by atoms with Crippen molar-refractivity contribution < 1.29 is 28.3 Å². The molecule has 0 atom stereocenters. The maximum atomic E-state index is 13.2. The number of esters is 1. The molecule has 3 amide bonds. The standard InChI is InChI=1S/C27H24FN3O5/c1-3-30(4-2)20-12-8-19(9-13-20)29-24(32)16-36-27(35)17-5-14-22-23(15-17)26(34)31(25(22)33)21-10-6-18(28)7-11-21/h5-15H,3-4,16H2,1-2H3,(H,29,32). The zero-order valence-electron chi connectivity index (χ0n) is 19.8. The monoisotopic (exact) mass is 489 g/mol. The van der Waals surface area contributed by atoms with Crippen LogP contribution in [0.15, 0.2) is 66.7 Å². The summed E-state index contributed by atoms with van der Waals surface area (Å²) in [4.78, 5) is 53.4. The summed E-state index contributed by atoms with van der Waals surface area (Å²) in [5.74, 6) is -3.05. The van der Waals surface area contributed by atoms with Gasteiger partial charge in [0.15, 0.2) is 6.61 Å². The molecule has 0 unspecified atom stereocenters. The Hall–Kier alpha value is -4.53. The van der Waals surface area contributed by atoms with Crippen molar-refractivity contribution in [2.45, 2.75) is 13.8 Å². The van der Waals surface area contributed by atoms with Crippen molar-refractivity contribution in [3.05, 3.63) is 89.2 Å². The molecule has 1 aliphatic heterocycles. The predicted molar refractivity (Wildman–Crippen MR) is 133 cm³/mol. The second-order valence-corrected chi connectivity index (χ2v) is 8.03. The van der Waals surface area contributed by atoms with Gasteiger partial charge in [0.1, 0.15) is 5.82 Å². The summed E-state index contributed by atoms with van der Waals surface area (Å²) in [6.45, 7) is 5.33. The Kier molecular flexibility index (Phi) is 7.10. The SMILES string of the molecule is CCN(CC)c1ccc(NC(=O)COC(=O)c2ccc3c(c2)C(=O)N(c2ccc(F)cc2)C3=O)cc1. The van der Waals surface area contributed by atoms with Crippen LogP contribution in [0.2, 0.25) is 0 Å². The Labute approximate surface area is 207 Å². The Morgan fingerprint density at radius 3 is 2.17 bits per heavy atom. The number of hydrogen-bond donors (Lipinski definition) is 1. The van der Waals surface area contributed by atoms with Gasteiger partial charge in [0, 0.05) is 24.5 Å². The number of nitrogens with zero attached hydrogens (tertiary/aromatic N) is 2. The van der Waals surface area contributed by atoms with Crippen LogP contribution in [0.4, 0.5) is 21.5 Å². The highest BCUT2D eigenvalue weighted by molar-refractivity contribution is 6.34. The van der Waals surface area contributed by atoms with Crippen LogP contribution < -0.4 is 15.1 Å². The van der Waals surface area contributed by atoms with Crippen LogP contribution >= 0.6 is 0 Å².